The fourth-order valence-corrected chi connectivity index (χ4v) is 2.18. The van der Waals surface area contributed by atoms with E-state index in [0.29, 0.717) is 0 Å². The fourth-order valence-electron chi connectivity index (χ4n) is 1.95. The van der Waals surface area contributed by atoms with Crippen LogP contribution in [0, 0.1) is 5.82 Å². The summed E-state index contributed by atoms with van der Waals surface area (Å²) < 4.78 is 13.7. The van der Waals surface area contributed by atoms with Crippen LogP contribution in [0.15, 0.2) is 18.2 Å². The largest absolute Gasteiger partial charge is 0.480 e. The minimum absolute atomic E-state index is 0.0822. The normalized spacial score (nSPS) is 11.2. The van der Waals surface area contributed by atoms with Gasteiger partial charge in [-0.3, -0.25) is 4.79 Å². The van der Waals surface area contributed by atoms with Crippen LogP contribution in [0.5, 0.6) is 0 Å². The van der Waals surface area contributed by atoms with Crippen LogP contribution in [0.3, 0.4) is 0 Å². The van der Waals surface area contributed by atoms with Crippen molar-refractivity contribution in [1.82, 2.24) is 4.90 Å². The third kappa shape index (κ3) is 3.28. The summed E-state index contributed by atoms with van der Waals surface area (Å²) in [7, 11) is 0. The molecule has 0 radical (unpaired) electrons. The molecule has 6 heteroatoms. The molecule has 0 spiro atoms. The molecule has 20 heavy (non-hydrogen) atoms. The van der Waals surface area contributed by atoms with Gasteiger partial charge in [0.25, 0.3) is 0 Å². The molecule has 1 aromatic rings. The van der Waals surface area contributed by atoms with Crippen LogP contribution >= 0.6 is 11.6 Å². The lowest BCUT2D eigenvalue weighted by molar-refractivity contribution is -0.156. The maximum Gasteiger partial charge on any atom is 0.329 e. The van der Waals surface area contributed by atoms with Crippen LogP contribution in [-0.2, 0) is 16.0 Å². The fraction of sp³-hybridized carbons (Fsp3) is 0.429. The van der Waals surface area contributed by atoms with Crippen molar-refractivity contribution in [2.24, 2.45) is 0 Å². The van der Waals surface area contributed by atoms with Gasteiger partial charge < -0.3 is 10.0 Å². The first-order valence-corrected chi connectivity index (χ1v) is 6.56. The number of carboxylic acid groups (broad SMARTS) is 1. The van der Waals surface area contributed by atoms with E-state index in [9.17, 15) is 19.1 Å². The van der Waals surface area contributed by atoms with Crippen molar-refractivity contribution in [1.29, 1.82) is 0 Å². The van der Waals surface area contributed by atoms with Crippen molar-refractivity contribution in [3.05, 3.63) is 34.6 Å². The third-order valence-corrected chi connectivity index (χ3v) is 3.56. The maximum absolute atomic E-state index is 13.7. The number of likely N-dealkylation sites (N-methyl/N-ethyl adjacent to an activating group) is 1. The zero-order valence-electron chi connectivity index (χ0n) is 11.6. The maximum atomic E-state index is 13.7. The average molecular weight is 302 g/mol. The summed E-state index contributed by atoms with van der Waals surface area (Å²) >= 11 is 5.87. The van der Waals surface area contributed by atoms with Crippen LogP contribution in [0.4, 0.5) is 4.39 Å². The van der Waals surface area contributed by atoms with E-state index >= 15 is 0 Å². The first kappa shape index (κ1) is 16.4. The number of hydrogen-bond donors (Lipinski definition) is 1. The lowest BCUT2D eigenvalue weighted by Crippen LogP contribution is -2.53. The number of carbonyl (C=O) groups excluding carboxylic acids is 1. The standard InChI is InChI=1S/C14H17ClFNO3/c1-4-17(14(2,3)13(19)20)12(18)8-9-10(15)6-5-7-11(9)16/h5-7H,4,8H2,1-3H3,(H,19,20). The summed E-state index contributed by atoms with van der Waals surface area (Å²) in [6, 6.07) is 4.16. The van der Waals surface area contributed by atoms with Gasteiger partial charge in [-0.25, -0.2) is 9.18 Å². The Hall–Kier alpha value is -1.62. The Morgan fingerprint density at radius 3 is 2.45 bits per heavy atom. The first-order chi connectivity index (χ1) is 9.21. The highest BCUT2D eigenvalue weighted by Crippen LogP contribution is 2.22. The number of hydrogen-bond acceptors (Lipinski definition) is 2. The topological polar surface area (TPSA) is 57.6 Å². The summed E-state index contributed by atoms with van der Waals surface area (Å²) in [4.78, 5) is 24.6. The molecule has 0 aromatic heterocycles. The van der Waals surface area contributed by atoms with Crippen LogP contribution in [0.1, 0.15) is 26.3 Å². The third-order valence-electron chi connectivity index (χ3n) is 3.21. The van der Waals surface area contributed by atoms with Gasteiger partial charge in [-0.15, -0.1) is 0 Å². The van der Waals surface area contributed by atoms with Crippen LogP contribution in [0.25, 0.3) is 0 Å². The molecule has 4 nitrogen and oxygen atoms in total. The minimum Gasteiger partial charge on any atom is -0.480 e. The molecule has 0 aliphatic carbocycles. The molecule has 0 aliphatic heterocycles. The Labute approximate surface area is 122 Å². The van der Waals surface area contributed by atoms with Gasteiger partial charge in [0.1, 0.15) is 11.4 Å². The summed E-state index contributed by atoms with van der Waals surface area (Å²) in [6.45, 7) is 4.75. The van der Waals surface area contributed by atoms with E-state index in [2.05, 4.69) is 0 Å². The van der Waals surface area contributed by atoms with E-state index < -0.39 is 23.2 Å². The van der Waals surface area contributed by atoms with Crippen molar-refractivity contribution in [2.45, 2.75) is 32.7 Å². The zero-order chi connectivity index (χ0) is 15.5. The monoisotopic (exact) mass is 301 g/mol. The number of carbonyl (C=O) groups is 2. The highest BCUT2D eigenvalue weighted by molar-refractivity contribution is 6.31. The van der Waals surface area contributed by atoms with Gasteiger partial charge >= 0.3 is 5.97 Å². The highest BCUT2D eigenvalue weighted by Gasteiger charge is 2.37. The Morgan fingerprint density at radius 1 is 1.40 bits per heavy atom. The summed E-state index contributed by atoms with van der Waals surface area (Å²) in [6.07, 6.45) is -0.268. The molecule has 0 saturated heterocycles. The minimum atomic E-state index is -1.36. The van der Waals surface area contributed by atoms with Gasteiger partial charge in [-0.05, 0) is 32.9 Å². The smallest absolute Gasteiger partial charge is 0.329 e. The van der Waals surface area contributed by atoms with Crippen molar-refractivity contribution < 1.29 is 19.1 Å². The van der Waals surface area contributed by atoms with Crippen molar-refractivity contribution in [3.8, 4) is 0 Å². The van der Waals surface area contributed by atoms with Crippen molar-refractivity contribution in [3.63, 3.8) is 0 Å². The molecule has 0 aliphatic rings. The second-order valence-corrected chi connectivity index (χ2v) is 5.29. The molecular weight excluding hydrogens is 285 g/mol. The van der Waals surface area contributed by atoms with E-state index in [0.717, 1.165) is 0 Å². The number of halogens is 2. The Kier molecular flexibility index (Phi) is 5.11. The summed E-state index contributed by atoms with van der Waals surface area (Å²) in [5, 5.41) is 9.33. The number of rotatable bonds is 5. The SMILES string of the molecule is CCN(C(=O)Cc1c(F)cccc1Cl)C(C)(C)C(=O)O. The lowest BCUT2D eigenvalue weighted by atomic mass is 10.0. The molecule has 1 rings (SSSR count). The molecule has 0 saturated carbocycles. The van der Waals surface area contributed by atoms with Gasteiger partial charge in [0, 0.05) is 17.1 Å². The van der Waals surface area contributed by atoms with Gasteiger partial charge in [0.2, 0.25) is 5.91 Å². The van der Waals surface area contributed by atoms with E-state index in [1.54, 1.807) is 6.92 Å². The summed E-state index contributed by atoms with van der Waals surface area (Å²) in [5.74, 6) is -2.17. The Bertz CT molecular complexity index is 511. The molecule has 1 aromatic carbocycles. The van der Waals surface area contributed by atoms with Crippen molar-refractivity contribution >= 4 is 23.5 Å². The Morgan fingerprint density at radius 2 is 2.00 bits per heavy atom. The van der Waals surface area contributed by atoms with Crippen LogP contribution in [0.2, 0.25) is 5.02 Å². The quantitative estimate of drug-likeness (QED) is 0.910. The van der Waals surface area contributed by atoms with Gasteiger partial charge in [-0.1, -0.05) is 17.7 Å². The number of aliphatic carboxylic acids is 1. The van der Waals surface area contributed by atoms with Crippen molar-refractivity contribution in [2.75, 3.05) is 6.54 Å². The second-order valence-electron chi connectivity index (χ2n) is 4.88. The molecular formula is C14H17ClFNO3. The average Bonchev–Trinajstić information content (AvgIpc) is 2.34. The molecule has 0 bridgehead atoms. The number of carboxylic acids is 1. The first-order valence-electron chi connectivity index (χ1n) is 6.18. The van der Waals surface area contributed by atoms with E-state index in [1.165, 1.54) is 36.9 Å². The molecule has 0 atom stereocenters. The second kappa shape index (κ2) is 6.22. The van der Waals surface area contributed by atoms with Gasteiger partial charge in [-0.2, -0.15) is 0 Å². The predicted molar refractivity (Wildman–Crippen MR) is 74.2 cm³/mol. The van der Waals surface area contributed by atoms with Crippen LogP contribution < -0.4 is 0 Å². The van der Waals surface area contributed by atoms with Crippen LogP contribution in [-0.4, -0.2) is 34.0 Å². The van der Waals surface area contributed by atoms with Gasteiger partial charge in [0.15, 0.2) is 0 Å². The predicted octanol–water partition coefficient (Wildman–Crippen LogP) is 2.73. The number of nitrogens with zero attached hydrogens (tertiary/aromatic N) is 1. The number of amides is 1. The molecule has 0 fully saturated rings. The van der Waals surface area contributed by atoms with Gasteiger partial charge in [0.05, 0.1) is 6.42 Å². The lowest BCUT2D eigenvalue weighted by Gasteiger charge is -2.34. The molecule has 110 valence electrons. The van der Waals surface area contributed by atoms with E-state index in [1.807, 2.05) is 0 Å². The molecule has 1 N–H and O–H groups in total. The zero-order valence-corrected chi connectivity index (χ0v) is 12.4. The number of benzene rings is 1. The Balaban J connectivity index is 3.03. The van der Waals surface area contributed by atoms with E-state index in [-0.39, 0.29) is 23.6 Å². The molecule has 0 unspecified atom stereocenters. The highest BCUT2D eigenvalue weighted by atomic mass is 35.5. The summed E-state index contributed by atoms with van der Waals surface area (Å²) in [5.41, 5.74) is -1.28. The molecule has 0 heterocycles. The molecule has 1 amide bonds. The van der Waals surface area contributed by atoms with E-state index in [4.69, 9.17) is 11.6 Å².